The van der Waals surface area contributed by atoms with Gasteiger partial charge in [0, 0.05) is 32.0 Å². The summed E-state index contributed by atoms with van der Waals surface area (Å²) in [5.74, 6) is 0.636. The van der Waals surface area contributed by atoms with Crippen LogP contribution in [0.3, 0.4) is 0 Å². The van der Waals surface area contributed by atoms with Crippen molar-refractivity contribution >= 4 is 5.97 Å². The number of carboxylic acid groups (broad SMARTS) is 1. The molecule has 0 radical (unpaired) electrons. The fourth-order valence-corrected chi connectivity index (χ4v) is 6.52. The molecule has 222 valence electrons. The maximum absolute atomic E-state index is 10.9. The Bertz CT molecular complexity index is 911. The van der Waals surface area contributed by atoms with E-state index in [9.17, 15) is 4.79 Å². The second kappa shape index (κ2) is 15.3. The van der Waals surface area contributed by atoms with Crippen molar-refractivity contribution in [3.63, 3.8) is 0 Å². The van der Waals surface area contributed by atoms with Crippen LogP contribution in [-0.4, -0.2) is 67.9 Å². The Labute approximate surface area is 238 Å². The molecule has 1 saturated carbocycles. The molecule has 4 aliphatic rings. The van der Waals surface area contributed by atoms with Crippen molar-refractivity contribution in [2.75, 3.05) is 19.8 Å². The average molecular weight is 559 g/mol. The SMILES string of the molecule is O=C(O)CCCCC1C[C@@H]2[C@@H](C=C[C@H](COc3ccccc3)OC3CCCCO3)[C@H](OC3CCCCO3)C[C@H]2O1. The number of carboxylic acids is 1. The van der Waals surface area contributed by atoms with Gasteiger partial charge in [0.25, 0.3) is 0 Å². The number of hydrogen-bond acceptors (Lipinski definition) is 7. The van der Waals surface area contributed by atoms with Crippen LogP contribution in [-0.2, 0) is 28.5 Å². The second-order valence-electron chi connectivity index (χ2n) is 11.6. The van der Waals surface area contributed by atoms with E-state index in [0.29, 0.717) is 18.9 Å². The van der Waals surface area contributed by atoms with Crippen molar-refractivity contribution in [2.45, 2.75) is 114 Å². The quantitative estimate of drug-likeness (QED) is 0.223. The molecular formula is C32H46O8. The number of unbranched alkanes of at least 4 members (excludes halogenated alkanes) is 1. The van der Waals surface area contributed by atoms with Crippen LogP contribution in [0.25, 0.3) is 0 Å². The molecule has 3 saturated heterocycles. The van der Waals surface area contributed by atoms with Crippen LogP contribution < -0.4 is 4.74 Å². The summed E-state index contributed by atoms with van der Waals surface area (Å²) in [6.45, 7) is 1.89. The van der Waals surface area contributed by atoms with Gasteiger partial charge in [0.15, 0.2) is 12.6 Å². The van der Waals surface area contributed by atoms with Crippen molar-refractivity contribution in [3.05, 3.63) is 42.5 Å². The first kappa shape index (κ1) is 29.5. The highest BCUT2D eigenvalue weighted by atomic mass is 16.7. The van der Waals surface area contributed by atoms with Gasteiger partial charge < -0.3 is 33.5 Å². The second-order valence-corrected chi connectivity index (χ2v) is 11.6. The molecule has 1 aromatic carbocycles. The number of hydrogen-bond donors (Lipinski definition) is 1. The summed E-state index contributed by atoms with van der Waals surface area (Å²) in [6, 6.07) is 9.83. The van der Waals surface area contributed by atoms with Gasteiger partial charge in [-0.1, -0.05) is 36.8 Å². The van der Waals surface area contributed by atoms with Crippen LogP contribution in [0.1, 0.15) is 77.0 Å². The summed E-state index contributed by atoms with van der Waals surface area (Å²) in [4.78, 5) is 10.9. The maximum Gasteiger partial charge on any atom is 0.303 e. The Hall–Kier alpha value is -1.97. The molecule has 4 fully saturated rings. The van der Waals surface area contributed by atoms with E-state index in [0.717, 1.165) is 83.2 Å². The largest absolute Gasteiger partial charge is 0.491 e. The lowest BCUT2D eigenvalue weighted by Crippen LogP contribution is -2.32. The zero-order chi connectivity index (χ0) is 27.6. The van der Waals surface area contributed by atoms with Gasteiger partial charge in [-0.2, -0.15) is 0 Å². The number of benzene rings is 1. The monoisotopic (exact) mass is 558 g/mol. The van der Waals surface area contributed by atoms with E-state index in [-0.39, 0.29) is 49.3 Å². The average Bonchev–Trinajstić information content (AvgIpc) is 3.51. The molecule has 5 rings (SSSR count). The third kappa shape index (κ3) is 8.76. The van der Waals surface area contributed by atoms with Gasteiger partial charge in [-0.05, 0) is 75.8 Å². The van der Waals surface area contributed by atoms with Crippen molar-refractivity contribution in [1.82, 2.24) is 0 Å². The Balaban J connectivity index is 1.25. The number of fused-ring (bicyclic) bond motifs is 1. The first-order valence-corrected chi connectivity index (χ1v) is 15.4. The summed E-state index contributed by atoms with van der Waals surface area (Å²) in [7, 11) is 0. The van der Waals surface area contributed by atoms with Crippen LogP contribution in [0.5, 0.6) is 5.75 Å². The van der Waals surface area contributed by atoms with Crippen molar-refractivity contribution < 1.29 is 38.3 Å². The van der Waals surface area contributed by atoms with Gasteiger partial charge in [-0.25, -0.2) is 0 Å². The van der Waals surface area contributed by atoms with Crippen LogP contribution in [0.15, 0.2) is 42.5 Å². The molecule has 1 N–H and O–H groups in total. The molecule has 0 aromatic heterocycles. The van der Waals surface area contributed by atoms with Crippen LogP contribution in [0, 0.1) is 11.8 Å². The van der Waals surface area contributed by atoms with E-state index < -0.39 is 5.97 Å². The third-order valence-corrected chi connectivity index (χ3v) is 8.57. The molecule has 0 bridgehead atoms. The van der Waals surface area contributed by atoms with E-state index in [4.69, 9.17) is 33.5 Å². The smallest absolute Gasteiger partial charge is 0.303 e. The molecule has 1 aliphatic carbocycles. The maximum atomic E-state index is 10.9. The fourth-order valence-electron chi connectivity index (χ4n) is 6.52. The highest BCUT2D eigenvalue weighted by Crippen LogP contribution is 2.47. The van der Waals surface area contributed by atoms with Crippen LogP contribution >= 0.6 is 0 Å². The Kier molecular flexibility index (Phi) is 11.3. The highest BCUT2D eigenvalue weighted by molar-refractivity contribution is 5.66. The lowest BCUT2D eigenvalue weighted by Gasteiger charge is -2.30. The van der Waals surface area contributed by atoms with Crippen LogP contribution in [0.4, 0.5) is 0 Å². The predicted molar refractivity (Wildman–Crippen MR) is 149 cm³/mol. The molecule has 1 aromatic rings. The summed E-state index contributed by atoms with van der Waals surface area (Å²) < 4.78 is 37.4. The lowest BCUT2D eigenvalue weighted by atomic mass is 9.89. The van der Waals surface area contributed by atoms with Gasteiger partial charge in [-0.15, -0.1) is 0 Å². The standard InChI is InChI=1S/C32H46O8/c33-30(34)13-5-4-12-24-20-27-26(28(21-29(27)38-24)40-32-15-7-9-19-36-32)17-16-25(39-31-14-6-8-18-35-31)22-37-23-10-2-1-3-11-23/h1-3,10-11,16-17,24-29,31-32H,4-9,12-15,18-22H2,(H,33,34)/t24?,25-,26-,27-,28-,29-,31?,32?/m1/s1. The zero-order valence-electron chi connectivity index (χ0n) is 23.6. The summed E-state index contributed by atoms with van der Waals surface area (Å²) in [5, 5.41) is 8.96. The van der Waals surface area contributed by atoms with E-state index >= 15 is 0 Å². The molecular weight excluding hydrogens is 512 g/mol. The number of aliphatic carboxylic acids is 1. The highest BCUT2D eigenvalue weighted by Gasteiger charge is 2.49. The summed E-state index contributed by atoms with van der Waals surface area (Å²) in [6.07, 6.45) is 14.9. The molecule has 0 spiro atoms. The molecule has 3 aliphatic heterocycles. The van der Waals surface area contributed by atoms with E-state index in [2.05, 4.69) is 12.2 Å². The Morgan fingerprint density at radius 2 is 1.77 bits per heavy atom. The molecule has 3 heterocycles. The number of carbonyl (C=O) groups is 1. The minimum atomic E-state index is -0.731. The topological polar surface area (TPSA) is 92.7 Å². The fraction of sp³-hybridized carbons (Fsp3) is 0.719. The zero-order valence-corrected chi connectivity index (χ0v) is 23.6. The van der Waals surface area contributed by atoms with E-state index in [1.165, 1.54) is 0 Å². The number of ether oxygens (including phenoxy) is 6. The van der Waals surface area contributed by atoms with Gasteiger partial charge in [0.1, 0.15) is 18.5 Å². The first-order valence-electron chi connectivity index (χ1n) is 15.4. The van der Waals surface area contributed by atoms with Crippen LogP contribution in [0.2, 0.25) is 0 Å². The van der Waals surface area contributed by atoms with Crippen molar-refractivity contribution in [3.8, 4) is 5.75 Å². The number of rotatable bonds is 14. The third-order valence-electron chi connectivity index (χ3n) is 8.57. The predicted octanol–water partition coefficient (Wildman–Crippen LogP) is 5.88. The Morgan fingerprint density at radius 3 is 2.50 bits per heavy atom. The molecule has 3 unspecified atom stereocenters. The van der Waals surface area contributed by atoms with Gasteiger partial charge >= 0.3 is 5.97 Å². The normalized spacial score (nSPS) is 33.1. The molecule has 8 nitrogen and oxygen atoms in total. The van der Waals surface area contributed by atoms with Gasteiger partial charge in [0.2, 0.25) is 0 Å². The van der Waals surface area contributed by atoms with Gasteiger partial charge in [0.05, 0.1) is 18.3 Å². The summed E-state index contributed by atoms with van der Waals surface area (Å²) >= 11 is 0. The van der Waals surface area contributed by atoms with Crippen molar-refractivity contribution in [2.24, 2.45) is 11.8 Å². The minimum Gasteiger partial charge on any atom is -0.491 e. The van der Waals surface area contributed by atoms with E-state index in [1.807, 2.05) is 30.3 Å². The van der Waals surface area contributed by atoms with E-state index in [1.54, 1.807) is 0 Å². The minimum absolute atomic E-state index is 0.0314. The number of para-hydroxylation sites is 1. The summed E-state index contributed by atoms with van der Waals surface area (Å²) in [5.41, 5.74) is 0. The molecule has 8 atom stereocenters. The molecule has 8 heteroatoms. The van der Waals surface area contributed by atoms with Crippen molar-refractivity contribution in [1.29, 1.82) is 0 Å². The van der Waals surface area contributed by atoms with Gasteiger partial charge in [-0.3, -0.25) is 4.79 Å². The molecule has 40 heavy (non-hydrogen) atoms. The Morgan fingerprint density at radius 1 is 1.00 bits per heavy atom. The lowest BCUT2D eigenvalue weighted by molar-refractivity contribution is -0.194. The first-order chi connectivity index (χ1) is 19.6. The molecule has 0 amide bonds.